The lowest BCUT2D eigenvalue weighted by molar-refractivity contribution is 1.57. The van der Waals surface area contributed by atoms with Gasteiger partial charge in [-0.2, -0.15) is 0 Å². The lowest BCUT2D eigenvalue weighted by Gasteiger charge is -2.16. The Bertz CT molecular complexity index is 794. The molecule has 104 valence electrons. The number of rotatable bonds is 2. The van der Waals surface area contributed by atoms with Gasteiger partial charge in [0.25, 0.3) is 0 Å². The fraction of sp³-hybridized carbons (Fsp3) is 0. The van der Waals surface area contributed by atoms with Gasteiger partial charge in [-0.15, -0.1) is 0 Å². The van der Waals surface area contributed by atoms with E-state index in [2.05, 4.69) is 0 Å². The van der Waals surface area contributed by atoms with Crippen molar-refractivity contribution in [3.8, 4) is 22.3 Å². The summed E-state index contributed by atoms with van der Waals surface area (Å²) in [7, 11) is 0. The lowest BCUT2D eigenvalue weighted by Crippen LogP contribution is -1.98. The van der Waals surface area contributed by atoms with Crippen molar-refractivity contribution >= 4 is 17.1 Å². The molecular formula is C18H17N3. The second kappa shape index (κ2) is 5.21. The van der Waals surface area contributed by atoms with Crippen LogP contribution in [0.2, 0.25) is 0 Å². The first-order valence-electron chi connectivity index (χ1n) is 6.76. The fourth-order valence-corrected chi connectivity index (χ4v) is 2.56. The van der Waals surface area contributed by atoms with Crippen LogP contribution >= 0.6 is 0 Å². The van der Waals surface area contributed by atoms with Crippen molar-refractivity contribution in [2.75, 3.05) is 17.2 Å². The molecule has 3 rings (SSSR count). The zero-order valence-electron chi connectivity index (χ0n) is 11.6. The van der Waals surface area contributed by atoms with E-state index in [1.165, 1.54) is 0 Å². The maximum absolute atomic E-state index is 6.21. The number of nitrogen functional groups attached to an aromatic ring is 3. The fourth-order valence-electron chi connectivity index (χ4n) is 2.56. The molecule has 3 aromatic rings. The summed E-state index contributed by atoms with van der Waals surface area (Å²) in [6.45, 7) is 0. The van der Waals surface area contributed by atoms with Gasteiger partial charge in [-0.05, 0) is 23.8 Å². The van der Waals surface area contributed by atoms with Crippen LogP contribution in [0.5, 0.6) is 0 Å². The summed E-state index contributed by atoms with van der Waals surface area (Å²) < 4.78 is 0. The first kappa shape index (κ1) is 13.1. The van der Waals surface area contributed by atoms with E-state index < -0.39 is 0 Å². The smallest absolute Gasteiger partial charge is 0.0400 e. The molecule has 0 atom stereocenters. The molecule has 21 heavy (non-hydrogen) atoms. The van der Waals surface area contributed by atoms with Crippen LogP contribution in [0, 0.1) is 0 Å². The third-order valence-electron chi connectivity index (χ3n) is 3.58. The summed E-state index contributed by atoms with van der Waals surface area (Å²) >= 11 is 0. The van der Waals surface area contributed by atoms with E-state index in [9.17, 15) is 0 Å². The molecule has 3 heteroatoms. The Balaban J connectivity index is 2.32. The highest BCUT2D eigenvalue weighted by Gasteiger charge is 2.14. The van der Waals surface area contributed by atoms with Gasteiger partial charge in [0, 0.05) is 33.8 Å². The van der Waals surface area contributed by atoms with E-state index in [1.807, 2.05) is 66.7 Å². The normalized spacial score (nSPS) is 10.5. The van der Waals surface area contributed by atoms with Crippen LogP contribution in [0.3, 0.4) is 0 Å². The monoisotopic (exact) mass is 275 g/mol. The van der Waals surface area contributed by atoms with Gasteiger partial charge >= 0.3 is 0 Å². The van der Waals surface area contributed by atoms with E-state index in [4.69, 9.17) is 17.2 Å². The Morgan fingerprint density at radius 3 is 1.52 bits per heavy atom. The topological polar surface area (TPSA) is 78.1 Å². The van der Waals surface area contributed by atoms with Crippen LogP contribution < -0.4 is 17.2 Å². The van der Waals surface area contributed by atoms with Crippen molar-refractivity contribution in [1.29, 1.82) is 0 Å². The Hall–Kier alpha value is -2.94. The van der Waals surface area contributed by atoms with Crippen molar-refractivity contribution in [2.45, 2.75) is 0 Å². The van der Waals surface area contributed by atoms with Crippen LogP contribution in [-0.2, 0) is 0 Å². The van der Waals surface area contributed by atoms with Gasteiger partial charge in [-0.3, -0.25) is 0 Å². The van der Waals surface area contributed by atoms with Crippen molar-refractivity contribution in [3.63, 3.8) is 0 Å². The number of hydrogen-bond acceptors (Lipinski definition) is 3. The van der Waals surface area contributed by atoms with Gasteiger partial charge in [0.15, 0.2) is 0 Å². The summed E-state index contributed by atoms with van der Waals surface area (Å²) in [6.07, 6.45) is 0. The van der Waals surface area contributed by atoms with E-state index in [1.54, 1.807) is 0 Å². The number of anilines is 3. The highest BCUT2D eigenvalue weighted by Crippen LogP contribution is 2.40. The Morgan fingerprint density at radius 2 is 0.905 bits per heavy atom. The molecule has 0 bridgehead atoms. The standard InChI is InChI=1S/C18H17N3/c19-15-9-3-1-6-12(15)13-8-5-11-17(21)18(13)14-7-2-4-10-16(14)20/h1-11H,19-21H2. The Morgan fingerprint density at radius 1 is 0.429 bits per heavy atom. The predicted octanol–water partition coefficient (Wildman–Crippen LogP) is 3.77. The number of nitrogens with two attached hydrogens (primary N) is 3. The van der Waals surface area contributed by atoms with Crippen LogP contribution in [0.1, 0.15) is 0 Å². The number of para-hydroxylation sites is 2. The average molecular weight is 275 g/mol. The molecule has 0 saturated heterocycles. The average Bonchev–Trinajstić information content (AvgIpc) is 2.49. The highest BCUT2D eigenvalue weighted by molar-refractivity contribution is 5.97. The molecule has 0 spiro atoms. The molecule has 0 heterocycles. The first-order chi connectivity index (χ1) is 10.2. The van der Waals surface area contributed by atoms with E-state index >= 15 is 0 Å². The molecule has 3 aromatic carbocycles. The van der Waals surface area contributed by atoms with Gasteiger partial charge in [0.1, 0.15) is 0 Å². The van der Waals surface area contributed by atoms with Crippen LogP contribution in [0.15, 0.2) is 66.7 Å². The summed E-state index contributed by atoms with van der Waals surface area (Å²) in [6, 6.07) is 21.3. The third kappa shape index (κ3) is 2.30. The lowest BCUT2D eigenvalue weighted by atomic mass is 9.91. The molecule has 0 aliphatic carbocycles. The number of benzene rings is 3. The quantitative estimate of drug-likeness (QED) is 0.623. The molecule has 0 amide bonds. The van der Waals surface area contributed by atoms with Gasteiger partial charge in [-0.25, -0.2) is 0 Å². The minimum atomic E-state index is 0.689. The highest BCUT2D eigenvalue weighted by atomic mass is 14.6. The summed E-state index contributed by atoms with van der Waals surface area (Å²) in [5.41, 5.74) is 24.4. The first-order valence-corrected chi connectivity index (χ1v) is 6.76. The maximum Gasteiger partial charge on any atom is 0.0400 e. The van der Waals surface area contributed by atoms with E-state index in [0.29, 0.717) is 11.4 Å². The Kier molecular flexibility index (Phi) is 3.24. The molecular weight excluding hydrogens is 258 g/mol. The summed E-state index contributed by atoms with van der Waals surface area (Å²) in [5.74, 6) is 0. The van der Waals surface area contributed by atoms with Crippen molar-refractivity contribution < 1.29 is 0 Å². The van der Waals surface area contributed by atoms with Crippen molar-refractivity contribution in [2.24, 2.45) is 0 Å². The van der Waals surface area contributed by atoms with Crippen LogP contribution in [0.4, 0.5) is 17.1 Å². The van der Waals surface area contributed by atoms with Crippen molar-refractivity contribution in [3.05, 3.63) is 66.7 Å². The summed E-state index contributed by atoms with van der Waals surface area (Å²) in [5, 5.41) is 0. The molecule has 0 unspecified atom stereocenters. The minimum Gasteiger partial charge on any atom is -0.398 e. The van der Waals surface area contributed by atoms with E-state index in [0.717, 1.165) is 27.9 Å². The SMILES string of the molecule is Nc1ccccc1-c1cccc(N)c1-c1ccccc1N. The predicted molar refractivity (Wildman–Crippen MR) is 90.6 cm³/mol. The second-order valence-electron chi connectivity index (χ2n) is 4.94. The Labute approximate surface area is 124 Å². The van der Waals surface area contributed by atoms with Crippen molar-refractivity contribution in [1.82, 2.24) is 0 Å². The molecule has 0 aromatic heterocycles. The zero-order valence-corrected chi connectivity index (χ0v) is 11.6. The molecule has 6 N–H and O–H groups in total. The van der Waals surface area contributed by atoms with Gasteiger partial charge in [0.2, 0.25) is 0 Å². The molecule has 0 aliphatic heterocycles. The van der Waals surface area contributed by atoms with Gasteiger partial charge < -0.3 is 17.2 Å². The molecule has 0 saturated carbocycles. The largest absolute Gasteiger partial charge is 0.398 e. The molecule has 0 radical (unpaired) electrons. The minimum absolute atomic E-state index is 0.689. The van der Waals surface area contributed by atoms with Gasteiger partial charge in [0.05, 0.1) is 0 Å². The van der Waals surface area contributed by atoms with Gasteiger partial charge in [-0.1, -0.05) is 48.5 Å². The molecule has 0 fully saturated rings. The molecule has 0 aliphatic rings. The zero-order chi connectivity index (χ0) is 14.8. The number of hydrogen-bond donors (Lipinski definition) is 3. The third-order valence-corrected chi connectivity index (χ3v) is 3.58. The maximum atomic E-state index is 6.21. The van der Waals surface area contributed by atoms with E-state index in [-0.39, 0.29) is 0 Å². The van der Waals surface area contributed by atoms with Crippen LogP contribution in [-0.4, -0.2) is 0 Å². The molecule has 3 nitrogen and oxygen atoms in total. The second-order valence-corrected chi connectivity index (χ2v) is 4.94. The van der Waals surface area contributed by atoms with Crippen LogP contribution in [0.25, 0.3) is 22.3 Å². The summed E-state index contributed by atoms with van der Waals surface area (Å²) in [4.78, 5) is 0.